The van der Waals surface area contributed by atoms with Crippen molar-refractivity contribution < 1.29 is 23.9 Å². The molecule has 0 bridgehead atoms. The van der Waals surface area contributed by atoms with Gasteiger partial charge >= 0.3 is 6.03 Å². The van der Waals surface area contributed by atoms with Gasteiger partial charge in [0, 0.05) is 31.2 Å². The number of ether oxygens (including phenoxy) is 2. The first-order valence-corrected chi connectivity index (χ1v) is 9.31. The van der Waals surface area contributed by atoms with E-state index in [1.54, 1.807) is 41.2 Å². The van der Waals surface area contributed by atoms with Crippen LogP contribution in [-0.2, 0) is 9.53 Å². The van der Waals surface area contributed by atoms with E-state index in [0.717, 1.165) is 0 Å². The van der Waals surface area contributed by atoms with Crippen LogP contribution in [0.15, 0.2) is 24.3 Å². The van der Waals surface area contributed by atoms with Gasteiger partial charge in [-0.1, -0.05) is 19.9 Å². The van der Waals surface area contributed by atoms with E-state index in [2.05, 4.69) is 0 Å². The fourth-order valence-electron chi connectivity index (χ4n) is 3.83. The Bertz CT molecular complexity index is 779. The lowest BCUT2D eigenvalue weighted by Gasteiger charge is -2.30. The Hall–Kier alpha value is -2.61. The molecule has 2 aliphatic heterocycles. The minimum absolute atomic E-state index is 0.174. The first-order chi connectivity index (χ1) is 13.3. The smallest absolute Gasteiger partial charge is 0.327 e. The number of methoxy groups -OCH3 is 2. The lowest BCUT2D eigenvalue weighted by Crippen LogP contribution is -2.44. The van der Waals surface area contributed by atoms with Gasteiger partial charge in [-0.25, -0.2) is 4.79 Å². The van der Waals surface area contributed by atoms with Gasteiger partial charge in [-0.2, -0.15) is 0 Å². The predicted molar refractivity (Wildman–Crippen MR) is 102 cm³/mol. The number of hydrogen-bond donors (Lipinski definition) is 0. The first kappa shape index (κ1) is 20.1. The van der Waals surface area contributed by atoms with Crippen LogP contribution in [0, 0.1) is 5.41 Å². The summed E-state index contributed by atoms with van der Waals surface area (Å²) in [7, 11) is 3.08. The number of nitrogens with zero attached hydrogens (tertiary/aromatic N) is 3. The second-order valence-corrected chi connectivity index (χ2v) is 7.99. The summed E-state index contributed by atoms with van der Waals surface area (Å²) < 4.78 is 10.2. The van der Waals surface area contributed by atoms with E-state index in [-0.39, 0.29) is 43.0 Å². The van der Waals surface area contributed by atoms with Crippen LogP contribution in [0.2, 0.25) is 0 Å². The quantitative estimate of drug-likeness (QED) is 0.713. The summed E-state index contributed by atoms with van der Waals surface area (Å²) in [5.41, 5.74) is 0.146. The van der Waals surface area contributed by atoms with Crippen molar-refractivity contribution in [2.75, 3.05) is 47.0 Å². The molecule has 2 fully saturated rings. The molecule has 4 amide bonds. The number of rotatable bonds is 5. The van der Waals surface area contributed by atoms with Crippen molar-refractivity contribution >= 4 is 17.8 Å². The summed E-state index contributed by atoms with van der Waals surface area (Å²) in [6, 6.07) is 5.98. The number of amides is 4. The summed E-state index contributed by atoms with van der Waals surface area (Å²) in [5.74, 6) is 0.145. The van der Waals surface area contributed by atoms with Crippen molar-refractivity contribution in [3.63, 3.8) is 0 Å². The normalized spacial score (nSPS) is 21.6. The van der Waals surface area contributed by atoms with Crippen LogP contribution in [0.25, 0.3) is 0 Å². The molecule has 2 saturated heterocycles. The Morgan fingerprint density at radius 1 is 1.21 bits per heavy atom. The number of benzene rings is 1. The number of urea groups is 1. The van der Waals surface area contributed by atoms with E-state index in [1.807, 2.05) is 13.8 Å². The molecule has 8 nitrogen and oxygen atoms in total. The molecule has 0 spiro atoms. The Morgan fingerprint density at radius 2 is 1.96 bits per heavy atom. The monoisotopic (exact) mass is 389 g/mol. The van der Waals surface area contributed by atoms with Gasteiger partial charge in [0.15, 0.2) is 0 Å². The van der Waals surface area contributed by atoms with Gasteiger partial charge in [0.1, 0.15) is 11.8 Å². The van der Waals surface area contributed by atoms with Gasteiger partial charge in [0.2, 0.25) is 0 Å². The third kappa shape index (κ3) is 3.82. The molecule has 1 aromatic carbocycles. The van der Waals surface area contributed by atoms with Crippen LogP contribution < -0.4 is 4.74 Å². The van der Waals surface area contributed by atoms with Crippen LogP contribution >= 0.6 is 0 Å². The van der Waals surface area contributed by atoms with Crippen molar-refractivity contribution in [3.8, 4) is 5.75 Å². The van der Waals surface area contributed by atoms with E-state index in [0.29, 0.717) is 24.4 Å². The minimum atomic E-state index is -0.666. The highest BCUT2D eigenvalue weighted by Gasteiger charge is 2.50. The molecule has 152 valence electrons. The van der Waals surface area contributed by atoms with Crippen molar-refractivity contribution in [2.24, 2.45) is 5.41 Å². The molecule has 28 heavy (non-hydrogen) atoms. The number of imide groups is 1. The fourth-order valence-corrected chi connectivity index (χ4v) is 3.83. The van der Waals surface area contributed by atoms with E-state index < -0.39 is 6.04 Å². The van der Waals surface area contributed by atoms with Crippen molar-refractivity contribution in [1.29, 1.82) is 0 Å². The van der Waals surface area contributed by atoms with Crippen LogP contribution in [0.1, 0.15) is 24.2 Å². The van der Waals surface area contributed by atoms with Gasteiger partial charge in [-0.05, 0) is 18.2 Å². The largest absolute Gasteiger partial charge is 0.497 e. The van der Waals surface area contributed by atoms with Crippen molar-refractivity contribution in [2.45, 2.75) is 19.9 Å². The fraction of sp³-hybridized carbons (Fsp3) is 0.550. The molecule has 0 N–H and O–H groups in total. The van der Waals surface area contributed by atoms with Gasteiger partial charge in [-0.3, -0.25) is 14.5 Å². The van der Waals surface area contributed by atoms with Crippen LogP contribution in [0.3, 0.4) is 0 Å². The molecule has 0 aromatic heterocycles. The highest BCUT2D eigenvalue weighted by molar-refractivity contribution is 6.05. The SMILES string of the molecule is COCCN1C(=O)C2CN(C(=O)c3cccc(OC)c3)CC(C)(C)CN2C1=O. The number of carbonyl (C=O) groups excluding carboxylic acids is 3. The van der Waals surface area contributed by atoms with Crippen molar-refractivity contribution in [1.82, 2.24) is 14.7 Å². The highest BCUT2D eigenvalue weighted by atomic mass is 16.5. The third-order valence-electron chi connectivity index (χ3n) is 5.14. The average Bonchev–Trinajstić information content (AvgIpc) is 2.81. The topological polar surface area (TPSA) is 79.4 Å². The summed E-state index contributed by atoms with van der Waals surface area (Å²) in [5, 5.41) is 0. The van der Waals surface area contributed by atoms with Crippen LogP contribution in [0.5, 0.6) is 5.75 Å². The van der Waals surface area contributed by atoms with E-state index >= 15 is 0 Å². The number of carbonyl (C=O) groups is 3. The molecule has 1 unspecified atom stereocenters. The Morgan fingerprint density at radius 3 is 2.64 bits per heavy atom. The van der Waals surface area contributed by atoms with E-state index in [1.165, 1.54) is 12.0 Å². The van der Waals surface area contributed by atoms with Gasteiger partial charge in [0.25, 0.3) is 11.8 Å². The first-order valence-electron chi connectivity index (χ1n) is 9.31. The van der Waals surface area contributed by atoms with Crippen LogP contribution in [0.4, 0.5) is 4.79 Å². The standard InChI is InChI=1S/C20H27N3O5/c1-20(2)12-21(17(24)14-6-5-7-15(10-14)28-4)11-16-18(25)22(8-9-27-3)19(26)23(16)13-20/h5-7,10,16H,8-9,11-13H2,1-4H3. The summed E-state index contributed by atoms with van der Waals surface area (Å²) in [6.45, 7) is 5.53. The number of fused-ring (bicyclic) bond motifs is 1. The second-order valence-electron chi connectivity index (χ2n) is 7.99. The molecule has 1 aromatic rings. The Kier molecular flexibility index (Phi) is 5.60. The zero-order valence-corrected chi connectivity index (χ0v) is 16.8. The number of hydrogen-bond acceptors (Lipinski definition) is 5. The van der Waals surface area contributed by atoms with Gasteiger partial charge in [-0.15, -0.1) is 0 Å². The minimum Gasteiger partial charge on any atom is -0.497 e. The lowest BCUT2D eigenvalue weighted by molar-refractivity contribution is -0.128. The average molecular weight is 389 g/mol. The molecule has 8 heteroatoms. The summed E-state index contributed by atoms with van der Waals surface area (Å²) in [6.07, 6.45) is 0. The lowest BCUT2D eigenvalue weighted by atomic mass is 9.92. The zero-order chi connectivity index (χ0) is 20.5. The molecule has 3 rings (SSSR count). The summed E-state index contributed by atoms with van der Waals surface area (Å²) in [4.78, 5) is 43.3. The molecule has 0 saturated carbocycles. The van der Waals surface area contributed by atoms with E-state index in [9.17, 15) is 14.4 Å². The zero-order valence-electron chi connectivity index (χ0n) is 16.8. The molecular weight excluding hydrogens is 362 g/mol. The molecule has 1 atom stereocenters. The molecule has 2 heterocycles. The predicted octanol–water partition coefficient (Wildman–Crippen LogP) is 1.46. The van der Waals surface area contributed by atoms with E-state index in [4.69, 9.17) is 9.47 Å². The maximum atomic E-state index is 13.2. The van der Waals surface area contributed by atoms with Gasteiger partial charge in [0.05, 0.1) is 26.8 Å². The maximum absolute atomic E-state index is 13.2. The van der Waals surface area contributed by atoms with Crippen LogP contribution in [-0.4, -0.2) is 85.6 Å². The third-order valence-corrected chi connectivity index (χ3v) is 5.14. The molecule has 0 radical (unpaired) electrons. The summed E-state index contributed by atoms with van der Waals surface area (Å²) >= 11 is 0. The second kappa shape index (κ2) is 7.79. The Labute approximate surface area is 165 Å². The van der Waals surface area contributed by atoms with Gasteiger partial charge < -0.3 is 19.3 Å². The molecule has 2 aliphatic rings. The van der Waals surface area contributed by atoms with Crippen molar-refractivity contribution in [3.05, 3.63) is 29.8 Å². The molecule has 0 aliphatic carbocycles. The Balaban J connectivity index is 1.87. The maximum Gasteiger partial charge on any atom is 0.327 e. The molecular formula is C20H27N3O5. The highest BCUT2D eigenvalue weighted by Crippen LogP contribution is 2.30.